The molecule has 0 radical (unpaired) electrons. The van der Waals surface area contributed by atoms with E-state index in [1.807, 2.05) is 48.7 Å². The molecule has 3 heterocycles. The standard InChI is InChI=1S/C26H26N6O/c27-21-6-2-4-8-24(21)32-26(33)25-14-19(20-5-1-3-7-23(20)31-25)13-17-9-10-22(28-15-17)18-11-12-29-30-16-18/h1,3,5,7,9-12,14-16,21,24H,2,4,6,8,13,27H2,(H,32,33)/t21-,24-/m0/s1. The van der Waals surface area contributed by atoms with Crippen LogP contribution in [0.5, 0.6) is 0 Å². The van der Waals surface area contributed by atoms with E-state index >= 15 is 0 Å². The lowest BCUT2D eigenvalue weighted by Gasteiger charge is -2.29. The van der Waals surface area contributed by atoms with Crippen molar-refractivity contribution >= 4 is 16.8 Å². The molecule has 7 heteroatoms. The average molecular weight is 439 g/mol. The maximum Gasteiger partial charge on any atom is 0.270 e. The molecule has 33 heavy (non-hydrogen) atoms. The monoisotopic (exact) mass is 438 g/mol. The molecule has 2 atom stereocenters. The van der Waals surface area contributed by atoms with Crippen LogP contribution in [0.1, 0.15) is 47.3 Å². The van der Waals surface area contributed by atoms with Gasteiger partial charge < -0.3 is 11.1 Å². The number of fused-ring (bicyclic) bond motifs is 1. The molecule has 1 fully saturated rings. The molecule has 4 aromatic rings. The molecule has 0 bridgehead atoms. The number of carbonyl (C=O) groups excluding carboxylic acids is 1. The summed E-state index contributed by atoms with van der Waals surface area (Å²) in [4.78, 5) is 22.3. The first-order chi connectivity index (χ1) is 16.2. The fourth-order valence-corrected chi connectivity index (χ4v) is 4.45. The van der Waals surface area contributed by atoms with Crippen LogP contribution in [-0.2, 0) is 6.42 Å². The minimum absolute atomic E-state index is 0.00221. The van der Waals surface area contributed by atoms with E-state index in [4.69, 9.17) is 5.73 Å². The molecule has 0 unspecified atom stereocenters. The van der Waals surface area contributed by atoms with Crippen molar-refractivity contribution in [3.8, 4) is 11.3 Å². The van der Waals surface area contributed by atoms with Crippen molar-refractivity contribution in [2.75, 3.05) is 0 Å². The van der Waals surface area contributed by atoms with Crippen LogP contribution in [0.3, 0.4) is 0 Å². The fourth-order valence-electron chi connectivity index (χ4n) is 4.45. The largest absolute Gasteiger partial charge is 0.346 e. The van der Waals surface area contributed by atoms with Gasteiger partial charge in [0.2, 0.25) is 0 Å². The zero-order valence-electron chi connectivity index (χ0n) is 18.3. The molecule has 0 spiro atoms. The van der Waals surface area contributed by atoms with Crippen molar-refractivity contribution in [2.45, 2.75) is 44.2 Å². The zero-order valence-corrected chi connectivity index (χ0v) is 18.3. The van der Waals surface area contributed by atoms with Crippen molar-refractivity contribution in [1.29, 1.82) is 0 Å². The Labute approximate surface area is 192 Å². The molecule has 1 saturated carbocycles. The third kappa shape index (κ3) is 4.73. The summed E-state index contributed by atoms with van der Waals surface area (Å²) in [5.41, 5.74) is 11.3. The minimum atomic E-state index is -0.164. The van der Waals surface area contributed by atoms with Gasteiger partial charge in [0.15, 0.2) is 0 Å². The molecule has 7 nitrogen and oxygen atoms in total. The molecule has 166 valence electrons. The second kappa shape index (κ2) is 9.42. The highest BCUT2D eigenvalue weighted by molar-refractivity contribution is 5.96. The Hall–Kier alpha value is -3.71. The van der Waals surface area contributed by atoms with Gasteiger partial charge in [0, 0.05) is 29.2 Å². The molecule has 1 aromatic carbocycles. The van der Waals surface area contributed by atoms with E-state index in [9.17, 15) is 4.79 Å². The van der Waals surface area contributed by atoms with Crippen molar-refractivity contribution in [3.63, 3.8) is 0 Å². The van der Waals surface area contributed by atoms with Gasteiger partial charge in [-0.15, -0.1) is 0 Å². The number of aromatic nitrogens is 4. The summed E-state index contributed by atoms with van der Waals surface area (Å²) < 4.78 is 0. The fraction of sp³-hybridized carbons (Fsp3) is 0.269. The lowest BCUT2D eigenvalue weighted by Crippen LogP contribution is -2.49. The number of amides is 1. The Balaban J connectivity index is 1.42. The van der Waals surface area contributed by atoms with Crippen LogP contribution in [0.2, 0.25) is 0 Å². The molecule has 3 aromatic heterocycles. The lowest BCUT2D eigenvalue weighted by molar-refractivity contribution is 0.0916. The molecule has 1 aliphatic carbocycles. The van der Waals surface area contributed by atoms with Gasteiger partial charge >= 0.3 is 0 Å². The van der Waals surface area contributed by atoms with Crippen LogP contribution in [0, 0.1) is 0 Å². The summed E-state index contributed by atoms with van der Waals surface area (Å²) in [6, 6.07) is 15.7. The third-order valence-corrected chi connectivity index (χ3v) is 6.27. The molecule has 1 aliphatic rings. The Morgan fingerprint density at radius 3 is 2.70 bits per heavy atom. The number of carbonyl (C=O) groups is 1. The SMILES string of the molecule is N[C@H]1CCCC[C@@H]1NC(=O)c1cc(Cc2ccc(-c3ccnnc3)nc2)c2ccccc2n1. The molecular weight excluding hydrogens is 412 g/mol. The number of nitrogens with zero attached hydrogens (tertiary/aromatic N) is 4. The van der Waals surface area contributed by atoms with Gasteiger partial charge in [-0.1, -0.05) is 37.1 Å². The Morgan fingerprint density at radius 2 is 1.91 bits per heavy atom. The van der Waals surface area contributed by atoms with E-state index in [1.165, 1.54) is 0 Å². The highest BCUT2D eigenvalue weighted by atomic mass is 16.1. The number of para-hydroxylation sites is 1. The summed E-state index contributed by atoms with van der Waals surface area (Å²) in [6.07, 6.45) is 9.93. The van der Waals surface area contributed by atoms with E-state index in [0.29, 0.717) is 12.1 Å². The molecule has 0 saturated heterocycles. The van der Waals surface area contributed by atoms with Crippen LogP contribution >= 0.6 is 0 Å². The van der Waals surface area contributed by atoms with Crippen molar-refractivity contribution in [1.82, 2.24) is 25.5 Å². The van der Waals surface area contributed by atoms with Crippen molar-refractivity contribution in [2.24, 2.45) is 5.73 Å². The Kier molecular flexibility index (Phi) is 6.04. The first-order valence-corrected chi connectivity index (χ1v) is 11.3. The van der Waals surface area contributed by atoms with Crippen LogP contribution < -0.4 is 11.1 Å². The molecule has 1 amide bonds. The lowest BCUT2D eigenvalue weighted by atomic mass is 9.91. The zero-order chi connectivity index (χ0) is 22.6. The maximum atomic E-state index is 13.1. The van der Waals surface area contributed by atoms with Crippen molar-refractivity contribution in [3.05, 3.63) is 83.9 Å². The van der Waals surface area contributed by atoms with E-state index in [1.54, 1.807) is 12.4 Å². The summed E-state index contributed by atoms with van der Waals surface area (Å²) in [6.45, 7) is 0. The smallest absolute Gasteiger partial charge is 0.270 e. The number of nitrogens with one attached hydrogen (secondary N) is 1. The van der Waals surface area contributed by atoms with Crippen molar-refractivity contribution < 1.29 is 4.79 Å². The topological polar surface area (TPSA) is 107 Å². The summed E-state index contributed by atoms with van der Waals surface area (Å²) >= 11 is 0. The number of pyridine rings is 2. The van der Waals surface area contributed by atoms with Gasteiger partial charge in [0.05, 0.1) is 23.6 Å². The first-order valence-electron chi connectivity index (χ1n) is 11.3. The Bertz CT molecular complexity index is 1260. The highest BCUT2D eigenvalue weighted by Crippen LogP contribution is 2.23. The van der Waals surface area contributed by atoms with Gasteiger partial charge in [0.1, 0.15) is 5.69 Å². The second-order valence-electron chi connectivity index (χ2n) is 8.57. The normalized spacial score (nSPS) is 18.2. The summed E-state index contributed by atoms with van der Waals surface area (Å²) in [7, 11) is 0. The van der Waals surface area contributed by atoms with Gasteiger partial charge in [-0.3, -0.25) is 9.78 Å². The van der Waals surface area contributed by atoms with Crippen LogP contribution in [0.4, 0.5) is 0 Å². The number of rotatable bonds is 5. The molecular formula is C26H26N6O. The Morgan fingerprint density at radius 1 is 1.03 bits per heavy atom. The average Bonchev–Trinajstić information content (AvgIpc) is 2.86. The predicted molar refractivity (Wildman–Crippen MR) is 128 cm³/mol. The summed E-state index contributed by atoms with van der Waals surface area (Å²) in [5.74, 6) is -0.164. The summed E-state index contributed by atoms with van der Waals surface area (Å²) in [5, 5.41) is 11.9. The number of hydrogen-bond donors (Lipinski definition) is 2. The number of nitrogens with two attached hydrogens (primary N) is 1. The van der Waals surface area contributed by atoms with E-state index < -0.39 is 0 Å². The minimum Gasteiger partial charge on any atom is -0.346 e. The van der Waals surface area contributed by atoms with Gasteiger partial charge in [-0.2, -0.15) is 10.2 Å². The molecule has 0 aliphatic heterocycles. The second-order valence-corrected chi connectivity index (χ2v) is 8.57. The van der Waals surface area contributed by atoms with Crippen LogP contribution in [-0.4, -0.2) is 38.2 Å². The van der Waals surface area contributed by atoms with Gasteiger partial charge in [-0.05, 0) is 54.7 Å². The van der Waals surface area contributed by atoms with Crippen LogP contribution in [0.15, 0.2) is 67.1 Å². The first kappa shape index (κ1) is 21.2. The third-order valence-electron chi connectivity index (χ3n) is 6.27. The van der Waals surface area contributed by atoms with Gasteiger partial charge in [0.25, 0.3) is 5.91 Å². The van der Waals surface area contributed by atoms with E-state index in [0.717, 1.165) is 59.0 Å². The maximum absolute atomic E-state index is 13.1. The van der Waals surface area contributed by atoms with Crippen LogP contribution in [0.25, 0.3) is 22.2 Å². The highest BCUT2D eigenvalue weighted by Gasteiger charge is 2.24. The number of hydrogen-bond acceptors (Lipinski definition) is 6. The predicted octanol–water partition coefficient (Wildman–Crippen LogP) is 3.68. The molecule has 5 rings (SSSR count). The quantitative estimate of drug-likeness (QED) is 0.492. The van der Waals surface area contributed by atoms with Gasteiger partial charge in [-0.25, -0.2) is 4.98 Å². The number of benzene rings is 1. The van der Waals surface area contributed by atoms with E-state index in [2.05, 4.69) is 31.5 Å². The van der Waals surface area contributed by atoms with E-state index in [-0.39, 0.29) is 18.0 Å². The molecule has 3 N–H and O–H groups in total.